The summed E-state index contributed by atoms with van der Waals surface area (Å²) in [6, 6.07) is 0. The molecular formula is C11H21NO4S. The van der Waals surface area contributed by atoms with Gasteiger partial charge in [-0.3, -0.25) is 4.90 Å². The molecule has 2 fully saturated rings. The van der Waals surface area contributed by atoms with Gasteiger partial charge in [-0.1, -0.05) is 0 Å². The van der Waals surface area contributed by atoms with E-state index in [4.69, 9.17) is 9.47 Å². The zero-order valence-electron chi connectivity index (χ0n) is 10.1. The minimum atomic E-state index is -2.76. The Morgan fingerprint density at radius 2 is 2.06 bits per heavy atom. The van der Waals surface area contributed by atoms with Gasteiger partial charge in [0.1, 0.15) is 0 Å². The molecule has 2 aliphatic heterocycles. The average Bonchev–Trinajstić information content (AvgIpc) is 2.79. The Kier molecular flexibility index (Phi) is 4.78. The summed E-state index contributed by atoms with van der Waals surface area (Å²) in [4.78, 5) is 2.15. The van der Waals surface area contributed by atoms with Crippen LogP contribution in [0.5, 0.6) is 0 Å². The first-order chi connectivity index (χ1) is 8.16. The van der Waals surface area contributed by atoms with Gasteiger partial charge in [0.2, 0.25) is 0 Å². The number of hydrogen-bond acceptors (Lipinski definition) is 5. The van der Waals surface area contributed by atoms with Gasteiger partial charge < -0.3 is 9.47 Å². The molecule has 100 valence electrons. The van der Waals surface area contributed by atoms with Crippen molar-refractivity contribution in [3.63, 3.8) is 0 Å². The van der Waals surface area contributed by atoms with E-state index in [-0.39, 0.29) is 6.10 Å². The fourth-order valence-electron chi connectivity index (χ4n) is 2.16. The molecule has 0 aromatic heterocycles. The third-order valence-corrected chi connectivity index (χ3v) is 4.93. The summed E-state index contributed by atoms with van der Waals surface area (Å²) in [6.07, 6.45) is 2.51. The summed E-state index contributed by atoms with van der Waals surface area (Å²) in [5.74, 6) is 0.581. The summed E-state index contributed by atoms with van der Waals surface area (Å²) >= 11 is 0. The van der Waals surface area contributed by atoms with E-state index in [2.05, 4.69) is 4.90 Å². The molecule has 0 bridgehead atoms. The van der Waals surface area contributed by atoms with Gasteiger partial charge in [-0.2, -0.15) is 0 Å². The van der Waals surface area contributed by atoms with E-state index in [0.29, 0.717) is 37.8 Å². The van der Waals surface area contributed by atoms with E-state index in [9.17, 15) is 8.42 Å². The topological polar surface area (TPSA) is 55.8 Å². The van der Waals surface area contributed by atoms with Gasteiger partial charge in [0.15, 0.2) is 9.84 Å². The highest BCUT2D eigenvalue weighted by molar-refractivity contribution is 7.91. The van der Waals surface area contributed by atoms with Gasteiger partial charge in [0.05, 0.1) is 30.8 Å². The van der Waals surface area contributed by atoms with Crippen LogP contribution in [0.2, 0.25) is 0 Å². The highest BCUT2D eigenvalue weighted by atomic mass is 32.2. The zero-order valence-corrected chi connectivity index (χ0v) is 11.0. The second kappa shape index (κ2) is 6.13. The van der Waals surface area contributed by atoms with Crippen LogP contribution in [0.25, 0.3) is 0 Å². The number of hydrogen-bond donors (Lipinski definition) is 0. The third-order valence-electron chi connectivity index (χ3n) is 3.32. The molecule has 2 aliphatic rings. The van der Waals surface area contributed by atoms with Crippen LogP contribution in [0.15, 0.2) is 0 Å². The van der Waals surface area contributed by atoms with Crippen molar-refractivity contribution in [1.82, 2.24) is 4.90 Å². The van der Waals surface area contributed by atoms with E-state index in [1.165, 1.54) is 0 Å². The monoisotopic (exact) mass is 263 g/mol. The first kappa shape index (κ1) is 13.3. The minimum absolute atomic E-state index is 0.275. The second-order valence-corrected chi connectivity index (χ2v) is 7.01. The molecule has 2 rings (SSSR count). The van der Waals surface area contributed by atoms with E-state index < -0.39 is 9.84 Å². The molecule has 0 aliphatic carbocycles. The quantitative estimate of drug-likeness (QED) is 0.649. The first-order valence-corrected chi connectivity index (χ1v) is 8.10. The summed E-state index contributed by atoms with van der Waals surface area (Å²) in [7, 11) is -2.76. The second-order valence-electron chi connectivity index (χ2n) is 4.70. The molecule has 0 saturated carbocycles. The lowest BCUT2D eigenvalue weighted by Gasteiger charge is -2.26. The zero-order chi connectivity index (χ0) is 12.1. The van der Waals surface area contributed by atoms with Crippen LogP contribution in [0.1, 0.15) is 12.8 Å². The molecular weight excluding hydrogens is 242 g/mol. The molecule has 0 amide bonds. The smallest absolute Gasteiger partial charge is 0.152 e. The maximum atomic E-state index is 11.2. The largest absolute Gasteiger partial charge is 0.377 e. The van der Waals surface area contributed by atoms with E-state index in [0.717, 1.165) is 26.0 Å². The van der Waals surface area contributed by atoms with Crippen LogP contribution < -0.4 is 0 Å². The predicted molar refractivity (Wildman–Crippen MR) is 64.9 cm³/mol. The molecule has 17 heavy (non-hydrogen) atoms. The van der Waals surface area contributed by atoms with Crippen molar-refractivity contribution >= 4 is 9.84 Å². The molecule has 0 aromatic rings. The van der Waals surface area contributed by atoms with E-state index >= 15 is 0 Å². The lowest BCUT2D eigenvalue weighted by Crippen LogP contribution is -2.41. The molecule has 2 heterocycles. The summed E-state index contributed by atoms with van der Waals surface area (Å²) in [5, 5.41) is 0. The van der Waals surface area contributed by atoms with Crippen molar-refractivity contribution in [2.75, 3.05) is 51.0 Å². The molecule has 0 aromatic carbocycles. The SMILES string of the molecule is O=S1(=O)CCN(CCOCC2CCCO2)CC1. The number of rotatable bonds is 5. The van der Waals surface area contributed by atoms with Crippen molar-refractivity contribution in [2.24, 2.45) is 0 Å². The van der Waals surface area contributed by atoms with Crippen molar-refractivity contribution in [2.45, 2.75) is 18.9 Å². The number of nitrogens with zero attached hydrogens (tertiary/aromatic N) is 1. The molecule has 0 N–H and O–H groups in total. The van der Waals surface area contributed by atoms with Crippen LogP contribution in [-0.2, 0) is 19.3 Å². The lowest BCUT2D eigenvalue weighted by atomic mass is 10.2. The van der Waals surface area contributed by atoms with Crippen molar-refractivity contribution in [3.8, 4) is 0 Å². The number of ether oxygens (including phenoxy) is 2. The minimum Gasteiger partial charge on any atom is -0.377 e. The maximum absolute atomic E-state index is 11.2. The first-order valence-electron chi connectivity index (χ1n) is 6.28. The number of sulfone groups is 1. The molecule has 1 unspecified atom stereocenters. The highest BCUT2D eigenvalue weighted by Gasteiger charge is 2.21. The molecule has 0 spiro atoms. The van der Waals surface area contributed by atoms with Gasteiger partial charge in [0.25, 0.3) is 0 Å². The lowest BCUT2D eigenvalue weighted by molar-refractivity contribution is 0.0110. The Morgan fingerprint density at radius 1 is 1.29 bits per heavy atom. The van der Waals surface area contributed by atoms with Gasteiger partial charge in [0, 0.05) is 26.2 Å². The van der Waals surface area contributed by atoms with Gasteiger partial charge >= 0.3 is 0 Å². The Hall–Kier alpha value is -0.170. The summed E-state index contributed by atoms with van der Waals surface area (Å²) in [6.45, 7) is 4.31. The Bertz CT molecular complexity index is 310. The van der Waals surface area contributed by atoms with E-state index in [1.54, 1.807) is 0 Å². The fourth-order valence-corrected chi connectivity index (χ4v) is 3.43. The van der Waals surface area contributed by atoms with Crippen LogP contribution in [0.3, 0.4) is 0 Å². The van der Waals surface area contributed by atoms with Gasteiger partial charge in [-0.25, -0.2) is 8.42 Å². The Morgan fingerprint density at radius 3 is 2.71 bits per heavy atom. The van der Waals surface area contributed by atoms with Crippen LogP contribution in [0.4, 0.5) is 0 Å². The van der Waals surface area contributed by atoms with Crippen molar-refractivity contribution in [1.29, 1.82) is 0 Å². The molecule has 0 radical (unpaired) electrons. The molecule has 5 nitrogen and oxygen atoms in total. The Labute approximate surface area is 103 Å². The van der Waals surface area contributed by atoms with Crippen molar-refractivity contribution < 1.29 is 17.9 Å². The normalized spacial score (nSPS) is 29.5. The van der Waals surface area contributed by atoms with Crippen LogP contribution >= 0.6 is 0 Å². The molecule has 2 saturated heterocycles. The molecule has 6 heteroatoms. The highest BCUT2D eigenvalue weighted by Crippen LogP contribution is 2.11. The summed E-state index contributed by atoms with van der Waals surface area (Å²) < 4.78 is 33.5. The third kappa shape index (κ3) is 4.54. The van der Waals surface area contributed by atoms with Crippen LogP contribution in [-0.4, -0.2) is 70.4 Å². The van der Waals surface area contributed by atoms with Crippen molar-refractivity contribution in [3.05, 3.63) is 0 Å². The van der Waals surface area contributed by atoms with Gasteiger partial charge in [-0.15, -0.1) is 0 Å². The molecule has 1 atom stereocenters. The standard InChI is InChI=1S/C11H21NO4S/c13-17(14)8-4-12(5-9-17)3-7-15-10-11-2-1-6-16-11/h11H,1-10H2. The van der Waals surface area contributed by atoms with E-state index in [1.807, 2.05) is 0 Å². The summed E-state index contributed by atoms with van der Waals surface area (Å²) in [5.41, 5.74) is 0. The van der Waals surface area contributed by atoms with Gasteiger partial charge in [-0.05, 0) is 12.8 Å². The predicted octanol–water partition coefficient (Wildman–Crippen LogP) is -0.0876. The Balaban J connectivity index is 1.53. The average molecular weight is 263 g/mol. The fraction of sp³-hybridized carbons (Fsp3) is 1.00. The van der Waals surface area contributed by atoms with Crippen LogP contribution in [0, 0.1) is 0 Å². The maximum Gasteiger partial charge on any atom is 0.152 e.